The van der Waals surface area contributed by atoms with Gasteiger partial charge in [-0.15, -0.1) is 0 Å². The van der Waals surface area contributed by atoms with Crippen molar-refractivity contribution in [1.82, 2.24) is 15.3 Å². The summed E-state index contributed by atoms with van der Waals surface area (Å²) in [7, 11) is 0. The van der Waals surface area contributed by atoms with E-state index in [-0.39, 0.29) is 0 Å². The van der Waals surface area contributed by atoms with Crippen molar-refractivity contribution < 1.29 is 0 Å². The van der Waals surface area contributed by atoms with E-state index in [1.807, 2.05) is 12.4 Å². The fourth-order valence-corrected chi connectivity index (χ4v) is 2.19. The van der Waals surface area contributed by atoms with Gasteiger partial charge in [0.2, 0.25) is 5.95 Å². The highest BCUT2D eigenvalue weighted by Crippen LogP contribution is 2.25. The number of hydrogen-bond donors (Lipinski definition) is 2. The van der Waals surface area contributed by atoms with E-state index in [1.54, 1.807) is 0 Å². The summed E-state index contributed by atoms with van der Waals surface area (Å²) in [5, 5.41) is 6.69. The van der Waals surface area contributed by atoms with Gasteiger partial charge in [-0.3, -0.25) is 0 Å². The van der Waals surface area contributed by atoms with Gasteiger partial charge in [0.25, 0.3) is 0 Å². The van der Waals surface area contributed by atoms with Crippen LogP contribution in [0.2, 0.25) is 0 Å². The minimum atomic E-state index is 0.629. The van der Waals surface area contributed by atoms with E-state index < -0.39 is 0 Å². The van der Waals surface area contributed by atoms with Crippen molar-refractivity contribution in [3.8, 4) is 0 Å². The highest BCUT2D eigenvalue weighted by Gasteiger charge is 2.22. The molecule has 0 unspecified atom stereocenters. The number of rotatable bonds is 3. The van der Waals surface area contributed by atoms with Crippen molar-refractivity contribution in [2.45, 2.75) is 37.6 Å². The quantitative estimate of drug-likeness (QED) is 0.807. The third-order valence-electron chi connectivity index (χ3n) is 3.39. The van der Waals surface area contributed by atoms with Gasteiger partial charge in [0.1, 0.15) is 0 Å². The predicted molar refractivity (Wildman–Crippen MR) is 63.5 cm³/mol. The summed E-state index contributed by atoms with van der Waals surface area (Å²) in [5.74, 6) is 1.44. The first-order chi connectivity index (χ1) is 7.92. The first-order valence-electron chi connectivity index (χ1n) is 6.21. The van der Waals surface area contributed by atoms with Crippen molar-refractivity contribution in [2.24, 2.45) is 0 Å². The van der Waals surface area contributed by atoms with Gasteiger partial charge in [-0.1, -0.05) is 0 Å². The molecule has 2 heterocycles. The summed E-state index contributed by atoms with van der Waals surface area (Å²) >= 11 is 0. The van der Waals surface area contributed by atoms with Gasteiger partial charge in [-0.25, -0.2) is 9.97 Å². The second-order valence-corrected chi connectivity index (χ2v) is 4.78. The van der Waals surface area contributed by atoms with Crippen molar-refractivity contribution in [1.29, 1.82) is 0 Å². The molecule has 1 aromatic rings. The van der Waals surface area contributed by atoms with Crippen LogP contribution in [0.3, 0.4) is 0 Å². The Kier molecular flexibility index (Phi) is 2.74. The molecule has 4 nitrogen and oxygen atoms in total. The molecule has 1 aliphatic carbocycles. The zero-order chi connectivity index (χ0) is 10.8. The van der Waals surface area contributed by atoms with Crippen LogP contribution in [0.1, 0.15) is 37.2 Å². The Morgan fingerprint density at radius 3 is 2.38 bits per heavy atom. The number of hydrogen-bond acceptors (Lipinski definition) is 4. The SMILES string of the molecule is c1nc(NC2CC2)ncc1C1CCNCC1. The van der Waals surface area contributed by atoms with Crippen LogP contribution >= 0.6 is 0 Å². The van der Waals surface area contributed by atoms with Crippen LogP contribution in [0.5, 0.6) is 0 Å². The van der Waals surface area contributed by atoms with E-state index in [2.05, 4.69) is 20.6 Å². The Morgan fingerprint density at radius 1 is 1.06 bits per heavy atom. The maximum absolute atomic E-state index is 4.39. The molecule has 0 bridgehead atoms. The molecule has 2 aliphatic rings. The Morgan fingerprint density at radius 2 is 1.75 bits per heavy atom. The van der Waals surface area contributed by atoms with E-state index in [0.717, 1.165) is 19.0 Å². The van der Waals surface area contributed by atoms with E-state index in [1.165, 1.54) is 31.2 Å². The van der Waals surface area contributed by atoms with E-state index in [9.17, 15) is 0 Å². The highest BCUT2D eigenvalue weighted by molar-refractivity contribution is 5.29. The monoisotopic (exact) mass is 218 g/mol. The van der Waals surface area contributed by atoms with Gasteiger partial charge in [0.05, 0.1) is 0 Å². The van der Waals surface area contributed by atoms with Gasteiger partial charge >= 0.3 is 0 Å². The smallest absolute Gasteiger partial charge is 0.222 e. The Labute approximate surface area is 95.9 Å². The third-order valence-corrected chi connectivity index (χ3v) is 3.39. The molecule has 0 atom stereocenters. The molecular formula is C12H18N4. The predicted octanol–water partition coefficient (Wildman–Crippen LogP) is 1.52. The number of piperidine rings is 1. The fourth-order valence-electron chi connectivity index (χ4n) is 2.19. The molecule has 1 saturated heterocycles. The number of nitrogens with zero attached hydrogens (tertiary/aromatic N) is 2. The molecule has 0 spiro atoms. The number of anilines is 1. The lowest BCUT2D eigenvalue weighted by Crippen LogP contribution is -2.26. The van der Waals surface area contributed by atoms with Crippen LogP contribution in [0.25, 0.3) is 0 Å². The minimum absolute atomic E-state index is 0.629. The summed E-state index contributed by atoms with van der Waals surface area (Å²) in [6.45, 7) is 2.24. The van der Waals surface area contributed by atoms with Gasteiger partial charge in [-0.2, -0.15) is 0 Å². The molecule has 0 aromatic carbocycles. The Balaban J connectivity index is 1.65. The van der Waals surface area contributed by atoms with Crippen LogP contribution in [0.15, 0.2) is 12.4 Å². The molecule has 86 valence electrons. The lowest BCUT2D eigenvalue weighted by Gasteiger charge is -2.22. The molecule has 0 amide bonds. The molecule has 16 heavy (non-hydrogen) atoms. The van der Waals surface area contributed by atoms with Gasteiger partial charge in [0, 0.05) is 18.4 Å². The fraction of sp³-hybridized carbons (Fsp3) is 0.667. The lowest BCUT2D eigenvalue weighted by molar-refractivity contribution is 0.459. The number of nitrogens with one attached hydrogen (secondary N) is 2. The van der Waals surface area contributed by atoms with Crippen molar-refractivity contribution in [3.63, 3.8) is 0 Å². The summed E-state index contributed by atoms with van der Waals surface area (Å²) in [4.78, 5) is 8.78. The van der Waals surface area contributed by atoms with Crippen LogP contribution in [0.4, 0.5) is 5.95 Å². The van der Waals surface area contributed by atoms with E-state index in [0.29, 0.717) is 12.0 Å². The van der Waals surface area contributed by atoms with Crippen LogP contribution in [-0.2, 0) is 0 Å². The molecule has 2 N–H and O–H groups in total. The average Bonchev–Trinajstić information content (AvgIpc) is 3.15. The van der Waals surface area contributed by atoms with Crippen LogP contribution in [0, 0.1) is 0 Å². The summed E-state index contributed by atoms with van der Waals surface area (Å²) in [6, 6.07) is 0.629. The minimum Gasteiger partial charge on any atom is -0.351 e. The van der Waals surface area contributed by atoms with Crippen molar-refractivity contribution in [2.75, 3.05) is 18.4 Å². The van der Waals surface area contributed by atoms with Crippen molar-refractivity contribution in [3.05, 3.63) is 18.0 Å². The first-order valence-corrected chi connectivity index (χ1v) is 6.21. The third kappa shape index (κ3) is 2.32. The first kappa shape index (κ1) is 10.0. The summed E-state index contributed by atoms with van der Waals surface area (Å²) in [6.07, 6.45) is 8.93. The zero-order valence-electron chi connectivity index (χ0n) is 9.45. The Bertz CT molecular complexity index is 339. The highest BCUT2D eigenvalue weighted by atomic mass is 15.1. The zero-order valence-corrected chi connectivity index (χ0v) is 9.45. The standard InChI is InChI=1S/C12H18N4/c1-2-11(1)16-12-14-7-10(8-15-12)9-3-5-13-6-4-9/h7-9,11,13H,1-6H2,(H,14,15,16). The topological polar surface area (TPSA) is 49.8 Å². The molecule has 3 rings (SSSR count). The summed E-state index contributed by atoms with van der Waals surface area (Å²) in [5.41, 5.74) is 1.29. The molecular weight excluding hydrogens is 200 g/mol. The average molecular weight is 218 g/mol. The lowest BCUT2D eigenvalue weighted by atomic mass is 9.92. The normalized spacial score (nSPS) is 22.0. The van der Waals surface area contributed by atoms with Crippen molar-refractivity contribution >= 4 is 5.95 Å². The number of aromatic nitrogens is 2. The molecule has 1 saturated carbocycles. The summed E-state index contributed by atoms with van der Waals surface area (Å²) < 4.78 is 0. The molecule has 1 aliphatic heterocycles. The van der Waals surface area contributed by atoms with E-state index >= 15 is 0 Å². The maximum Gasteiger partial charge on any atom is 0.222 e. The van der Waals surface area contributed by atoms with Gasteiger partial charge < -0.3 is 10.6 Å². The van der Waals surface area contributed by atoms with Crippen LogP contribution in [-0.4, -0.2) is 29.1 Å². The molecule has 4 heteroatoms. The van der Waals surface area contributed by atoms with E-state index in [4.69, 9.17) is 0 Å². The largest absolute Gasteiger partial charge is 0.351 e. The second-order valence-electron chi connectivity index (χ2n) is 4.78. The second kappa shape index (κ2) is 4.37. The Hall–Kier alpha value is -1.16. The molecule has 0 radical (unpaired) electrons. The van der Waals surface area contributed by atoms with Gasteiger partial charge in [-0.05, 0) is 50.3 Å². The van der Waals surface area contributed by atoms with Crippen LogP contribution < -0.4 is 10.6 Å². The van der Waals surface area contributed by atoms with Gasteiger partial charge in [0.15, 0.2) is 0 Å². The molecule has 2 fully saturated rings. The molecule has 1 aromatic heterocycles. The maximum atomic E-state index is 4.39.